The first-order valence-electron chi connectivity index (χ1n) is 5.91. The molecule has 0 amide bonds. The fourth-order valence-corrected chi connectivity index (χ4v) is 2.91. The van der Waals surface area contributed by atoms with E-state index in [1.165, 1.54) is 0 Å². The number of nitrogens with one attached hydrogen (secondary N) is 2. The molecule has 18 heavy (non-hydrogen) atoms. The molecule has 0 saturated carbocycles. The molecule has 0 heterocycles. The van der Waals surface area contributed by atoms with Gasteiger partial charge in [0.2, 0.25) is 10.0 Å². The first kappa shape index (κ1) is 15.4. The molecule has 0 fully saturated rings. The lowest BCUT2D eigenvalue weighted by Crippen LogP contribution is -2.32. The minimum absolute atomic E-state index is 0.0236. The van der Waals surface area contributed by atoms with Crippen LogP contribution in [0.3, 0.4) is 0 Å². The fourth-order valence-electron chi connectivity index (χ4n) is 1.64. The van der Waals surface area contributed by atoms with Gasteiger partial charge in [-0.3, -0.25) is 0 Å². The van der Waals surface area contributed by atoms with Gasteiger partial charge in [0.1, 0.15) is 0 Å². The molecule has 6 heteroatoms. The Labute approximate surface area is 114 Å². The third kappa shape index (κ3) is 4.94. The van der Waals surface area contributed by atoms with Crippen molar-refractivity contribution < 1.29 is 8.42 Å². The lowest BCUT2D eigenvalue weighted by molar-refractivity contribution is 0.564. The lowest BCUT2D eigenvalue weighted by atomic mass is 10.1. The van der Waals surface area contributed by atoms with Crippen molar-refractivity contribution in [2.24, 2.45) is 0 Å². The Morgan fingerprint density at radius 3 is 2.61 bits per heavy atom. The monoisotopic (exact) mass is 290 g/mol. The predicted molar refractivity (Wildman–Crippen MR) is 75.3 cm³/mol. The Balaban J connectivity index is 2.48. The number of sulfonamides is 1. The molecule has 0 aromatic heterocycles. The van der Waals surface area contributed by atoms with Gasteiger partial charge in [0.15, 0.2) is 0 Å². The van der Waals surface area contributed by atoms with Crippen molar-refractivity contribution in [3.05, 3.63) is 34.9 Å². The second kappa shape index (κ2) is 7.09. The van der Waals surface area contributed by atoms with Crippen molar-refractivity contribution >= 4 is 21.6 Å². The molecule has 0 saturated heterocycles. The summed E-state index contributed by atoms with van der Waals surface area (Å²) in [5, 5.41) is 3.84. The quantitative estimate of drug-likeness (QED) is 0.807. The second-order valence-corrected chi connectivity index (χ2v) is 6.35. The van der Waals surface area contributed by atoms with Gasteiger partial charge in [-0.15, -0.1) is 0 Å². The second-order valence-electron chi connectivity index (χ2n) is 4.01. The van der Waals surface area contributed by atoms with Crippen molar-refractivity contribution in [3.63, 3.8) is 0 Å². The fraction of sp³-hybridized carbons (Fsp3) is 0.500. The highest BCUT2D eigenvalue weighted by Gasteiger charge is 2.11. The average Bonchev–Trinajstić information content (AvgIpc) is 2.29. The van der Waals surface area contributed by atoms with E-state index in [1.54, 1.807) is 6.92 Å². The molecule has 1 atom stereocenters. The molecular weight excluding hydrogens is 272 g/mol. The van der Waals surface area contributed by atoms with Crippen LogP contribution in [0.15, 0.2) is 24.3 Å². The number of benzene rings is 1. The topological polar surface area (TPSA) is 58.2 Å². The van der Waals surface area contributed by atoms with Gasteiger partial charge in [0, 0.05) is 24.2 Å². The Morgan fingerprint density at radius 1 is 1.33 bits per heavy atom. The van der Waals surface area contributed by atoms with Crippen LogP contribution in [-0.4, -0.2) is 27.3 Å². The van der Waals surface area contributed by atoms with Gasteiger partial charge in [0.05, 0.1) is 5.75 Å². The summed E-state index contributed by atoms with van der Waals surface area (Å²) >= 11 is 6.07. The summed E-state index contributed by atoms with van der Waals surface area (Å²) in [7, 11) is -3.17. The molecule has 1 aromatic rings. The molecule has 0 aliphatic heterocycles. The first-order valence-corrected chi connectivity index (χ1v) is 7.94. The SMILES string of the molecule is CCNS(=O)(=O)CCNC(C)c1ccccc1Cl. The van der Waals surface area contributed by atoms with Gasteiger partial charge in [-0.1, -0.05) is 36.7 Å². The molecule has 0 spiro atoms. The average molecular weight is 291 g/mol. The molecule has 4 nitrogen and oxygen atoms in total. The van der Waals surface area contributed by atoms with Gasteiger partial charge < -0.3 is 5.32 Å². The van der Waals surface area contributed by atoms with Gasteiger partial charge >= 0.3 is 0 Å². The highest BCUT2D eigenvalue weighted by molar-refractivity contribution is 7.89. The van der Waals surface area contributed by atoms with Crippen LogP contribution in [0.2, 0.25) is 5.02 Å². The van der Waals surface area contributed by atoms with E-state index >= 15 is 0 Å². The summed E-state index contributed by atoms with van der Waals surface area (Å²) in [6, 6.07) is 7.56. The van der Waals surface area contributed by atoms with E-state index in [4.69, 9.17) is 11.6 Å². The molecule has 0 radical (unpaired) electrons. The van der Waals surface area contributed by atoms with Crippen LogP contribution >= 0.6 is 11.6 Å². The molecule has 102 valence electrons. The highest BCUT2D eigenvalue weighted by atomic mass is 35.5. The van der Waals surface area contributed by atoms with Gasteiger partial charge in [-0.2, -0.15) is 0 Å². The zero-order valence-corrected chi connectivity index (χ0v) is 12.2. The maximum atomic E-state index is 11.4. The summed E-state index contributed by atoms with van der Waals surface area (Å²) < 4.78 is 25.3. The van der Waals surface area contributed by atoms with Crippen molar-refractivity contribution in [2.45, 2.75) is 19.9 Å². The smallest absolute Gasteiger partial charge is 0.212 e. The van der Waals surface area contributed by atoms with Crippen LogP contribution in [0.1, 0.15) is 25.5 Å². The van der Waals surface area contributed by atoms with Crippen molar-refractivity contribution in [1.82, 2.24) is 10.0 Å². The molecular formula is C12H19ClN2O2S. The molecule has 1 unspecified atom stereocenters. The van der Waals surface area contributed by atoms with Crippen LogP contribution < -0.4 is 10.0 Å². The zero-order valence-electron chi connectivity index (χ0n) is 10.6. The molecule has 1 aromatic carbocycles. The zero-order chi connectivity index (χ0) is 13.6. The summed E-state index contributed by atoms with van der Waals surface area (Å²) in [6.45, 7) is 4.53. The molecule has 1 rings (SSSR count). The number of halogens is 1. The molecule has 0 bridgehead atoms. The van der Waals surface area contributed by atoms with E-state index in [-0.39, 0.29) is 11.8 Å². The summed E-state index contributed by atoms with van der Waals surface area (Å²) in [6.07, 6.45) is 0. The normalized spacial score (nSPS) is 13.5. The number of hydrogen-bond donors (Lipinski definition) is 2. The van der Waals surface area contributed by atoms with Crippen LogP contribution in [0.25, 0.3) is 0 Å². The summed E-state index contributed by atoms with van der Waals surface area (Å²) in [5.74, 6) is 0.0651. The Bertz CT molecular complexity index is 477. The predicted octanol–water partition coefficient (Wildman–Crippen LogP) is 1.93. The Hall–Kier alpha value is -0.620. The van der Waals surface area contributed by atoms with Gasteiger partial charge in [-0.25, -0.2) is 13.1 Å². The van der Waals surface area contributed by atoms with E-state index in [0.29, 0.717) is 18.1 Å². The maximum Gasteiger partial charge on any atom is 0.212 e. The van der Waals surface area contributed by atoms with Crippen LogP contribution in [0.4, 0.5) is 0 Å². The molecule has 0 aliphatic carbocycles. The van der Waals surface area contributed by atoms with E-state index in [2.05, 4.69) is 10.0 Å². The first-order chi connectivity index (χ1) is 8.46. The highest BCUT2D eigenvalue weighted by Crippen LogP contribution is 2.21. The summed E-state index contributed by atoms with van der Waals surface area (Å²) in [5.41, 5.74) is 0.972. The van der Waals surface area contributed by atoms with Crippen LogP contribution in [0, 0.1) is 0 Å². The number of rotatable bonds is 7. The lowest BCUT2D eigenvalue weighted by Gasteiger charge is -2.15. The Kier molecular flexibility index (Phi) is 6.08. The third-order valence-electron chi connectivity index (χ3n) is 2.56. The van der Waals surface area contributed by atoms with E-state index in [1.807, 2.05) is 31.2 Å². The van der Waals surface area contributed by atoms with E-state index in [9.17, 15) is 8.42 Å². The van der Waals surface area contributed by atoms with Crippen molar-refractivity contribution in [1.29, 1.82) is 0 Å². The van der Waals surface area contributed by atoms with Crippen molar-refractivity contribution in [2.75, 3.05) is 18.8 Å². The minimum Gasteiger partial charge on any atom is -0.309 e. The van der Waals surface area contributed by atoms with E-state index in [0.717, 1.165) is 5.56 Å². The summed E-state index contributed by atoms with van der Waals surface area (Å²) in [4.78, 5) is 0. The minimum atomic E-state index is -3.17. The van der Waals surface area contributed by atoms with Gasteiger partial charge in [-0.05, 0) is 18.6 Å². The maximum absolute atomic E-state index is 11.4. The third-order valence-corrected chi connectivity index (χ3v) is 4.37. The molecule has 2 N–H and O–H groups in total. The van der Waals surface area contributed by atoms with Crippen LogP contribution in [0.5, 0.6) is 0 Å². The standard InChI is InChI=1S/C12H19ClN2O2S/c1-3-15-18(16,17)9-8-14-10(2)11-6-4-5-7-12(11)13/h4-7,10,14-15H,3,8-9H2,1-2H3. The molecule has 0 aliphatic rings. The van der Waals surface area contributed by atoms with Gasteiger partial charge in [0.25, 0.3) is 0 Å². The largest absolute Gasteiger partial charge is 0.309 e. The Morgan fingerprint density at radius 2 is 2.00 bits per heavy atom. The van der Waals surface area contributed by atoms with Crippen LogP contribution in [-0.2, 0) is 10.0 Å². The van der Waals surface area contributed by atoms with Crippen molar-refractivity contribution in [3.8, 4) is 0 Å². The number of hydrogen-bond acceptors (Lipinski definition) is 3. The van der Waals surface area contributed by atoms with E-state index < -0.39 is 10.0 Å².